The highest BCUT2D eigenvalue weighted by molar-refractivity contribution is 6.30. The zero-order chi connectivity index (χ0) is 23.9. The molecule has 0 unspecified atom stereocenters. The zero-order valence-corrected chi connectivity index (χ0v) is 18.5. The van der Waals surface area contributed by atoms with Gasteiger partial charge in [-0.05, 0) is 50.3 Å². The van der Waals surface area contributed by atoms with Gasteiger partial charge in [0.2, 0.25) is 11.8 Å². The Balaban J connectivity index is 1.03. The molecule has 2 N–H and O–H groups in total. The van der Waals surface area contributed by atoms with Crippen molar-refractivity contribution in [1.82, 2.24) is 15.5 Å². The van der Waals surface area contributed by atoms with Crippen LogP contribution in [0.15, 0.2) is 22.6 Å². The number of hydrogen-bond acceptors (Lipinski definition) is 7. The summed E-state index contributed by atoms with van der Waals surface area (Å²) in [6.07, 6.45) is -4.74. The van der Waals surface area contributed by atoms with Gasteiger partial charge in [-0.25, -0.2) is 0 Å². The van der Waals surface area contributed by atoms with Crippen LogP contribution in [0.2, 0.25) is 5.02 Å². The SMILES string of the molecule is O=C(NC12CC(c3nnc(C4CC(OC(F)(F)F)C4)o3)(C1)C2)[C@@H]1C[C@@H](O)c2cc(Cl)ccc2O1. The van der Waals surface area contributed by atoms with Gasteiger partial charge >= 0.3 is 6.36 Å². The smallest absolute Gasteiger partial charge is 0.480 e. The lowest BCUT2D eigenvalue weighted by molar-refractivity contribution is -0.352. The highest BCUT2D eigenvalue weighted by Gasteiger charge is 2.72. The molecule has 2 heterocycles. The first kappa shape index (κ1) is 22.1. The molecular weight excluding hydrogens is 479 g/mol. The highest BCUT2D eigenvalue weighted by atomic mass is 35.5. The van der Waals surface area contributed by atoms with Gasteiger partial charge in [0, 0.05) is 28.5 Å². The lowest BCUT2D eigenvalue weighted by Gasteiger charge is -2.68. The minimum atomic E-state index is -4.64. The van der Waals surface area contributed by atoms with Crippen molar-refractivity contribution in [2.75, 3.05) is 0 Å². The fraction of sp³-hybridized carbons (Fsp3) is 0.591. The van der Waals surface area contributed by atoms with Gasteiger partial charge in [-0.3, -0.25) is 9.53 Å². The Labute approximate surface area is 196 Å². The number of nitrogens with one attached hydrogen (secondary N) is 1. The molecule has 5 aliphatic rings. The van der Waals surface area contributed by atoms with Crippen LogP contribution in [0.5, 0.6) is 5.75 Å². The maximum Gasteiger partial charge on any atom is 0.522 e. The van der Waals surface area contributed by atoms with E-state index in [1.165, 1.54) is 0 Å². The molecule has 0 spiro atoms. The quantitative estimate of drug-likeness (QED) is 0.646. The molecule has 1 aliphatic heterocycles. The number of amides is 1. The molecule has 182 valence electrons. The first-order valence-electron chi connectivity index (χ1n) is 11.1. The molecule has 2 aromatic rings. The summed E-state index contributed by atoms with van der Waals surface area (Å²) in [5, 5.41) is 22.1. The molecule has 34 heavy (non-hydrogen) atoms. The minimum Gasteiger partial charge on any atom is -0.480 e. The normalized spacial score (nSPS) is 35.8. The molecule has 4 fully saturated rings. The molecule has 0 saturated heterocycles. The number of hydrogen-bond donors (Lipinski definition) is 2. The maximum absolute atomic E-state index is 12.8. The van der Waals surface area contributed by atoms with Crippen LogP contribution in [0.4, 0.5) is 13.2 Å². The number of ether oxygens (including phenoxy) is 2. The van der Waals surface area contributed by atoms with Crippen molar-refractivity contribution < 1.29 is 37.0 Å². The molecule has 1 aromatic carbocycles. The van der Waals surface area contributed by atoms with Crippen LogP contribution in [0.3, 0.4) is 0 Å². The third-order valence-corrected chi connectivity index (χ3v) is 7.62. The Kier molecular flexibility index (Phi) is 4.76. The topological polar surface area (TPSA) is 107 Å². The predicted molar refractivity (Wildman–Crippen MR) is 109 cm³/mol. The fourth-order valence-corrected chi connectivity index (χ4v) is 5.91. The van der Waals surface area contributed by atoms with Gasteiger partial charge in [-0.2, -0.15) is 0 Å². The van der Waals surface area contributed by atoms with Crippen LogP contribution in [0.25, 0.3) is 0 Å². The van der Waals surface area contributed by atoms with E-state index in [0.29, 0.717) is 47.4 Å². The number of aliphatic hydroxyl groups is 1. The third kappa shape index (κ3) is 3.64. The van der Waals surface area contributed by atoms with E-state index in [-0.39, 0.29) is 42.0 Å². The first-order valence-corrected chi connectivity index (χ1v) is 11.5. The van der Waals surface area contributed by atoms with Crippen LogP contribution >= 0.6 is 11.6 Å². The maximum atomic E-state index is 12.8. The van der Waals surface area contributed by atoms with E-state index >= 15 is 0 Å². The Hall–Kier alpha value is -2.37. The number of nitrogens with zero attached hydrogens (tertiary/aromatic N) is 2. The number of alkyl halides is 3. The largest absolute Gasteiger partial charge is 0.522 e. The van der Waals surface area contributed by atoms with Gasteiger partial charge in [0.05, 0.1) is 17.6 Å². The second-order valence-corrected chi connectivity index (χ2v) is 10.4. The summed E-state index contributed by atoms with van der Waals surface area (Å²) in [6.45, 7) is 0. The van der Waals surface area contributed by atoms with Gasteiger partial charge < -0.3 is 19.6 Å². The van der Waals surface area contributed by atoms with Crippen LogP contribution in [-0.4, -0.2) is 45.3 Å². The van der Waals surface area contributed by atoms with Gasteiger partial charge in [-0.15, -0.1) is 23.4 Å². The van der Waals surface area contributed by atoms with Crippen LogP contribution < -0.4 is 10.1 Å². The second-order valence-electron chi connectivity index (χ2n) is 9.92. The first-order chi connectivity index (χ1) is 16.0. The number of rotatable bonds is 5. The molecule has 2 bridgehead atoms. The second kappa shape index (κ2) is 7.32. The van der Waals surface area contributed by atoms with E-state index in [1.807, 2.05) is 0 Å². The molecule has 8 nitrogen and oxygen atoms in total. The Morgan fingerprint density at radius 1 is 1.21 bits per heavy atom. The van der Waals surface area contributed by atoms with E-state index in [0.717, 1.165) is 0 Å². The number of aromatic nitrogens is 2. The standard InChI is InChI=1S/C22H21ClF3N3O5/c23-11-1-2-15-13(5-11)14(30)6-16(32-15)17(31)27-21-7-20(8-21,9-21)19-29-28-18(33-19)10-3-12(4-10)34-22(24,25)26/h1-2,5,10,12,14,16,30H,3-4,6-9H2,(H,27,31)/t10?,12?,14-,16+,20?,21?/m1/s1. The van der Waals surface area contributed by atoms with Crippen LogP contribution in [0, 0.1) is 0 Å². The molecule has 7 rings (SSSR count). The zero-order valence-electron chi connectivity index (χ0n) is 17.8. The summed E-state index contributed by atoms with van der Waals surface area (Å²) in [4.78, 5) is 12.8. The lowest BCUT2D eigenvalue weighted by Crippen LogP contribution is -2.77. The summed E-state index contributed by atoms with van der Waals surface area (Å²) >= 11 is 5.97. The van der Waals surface area contributed by atoms with Gasteiger partial charge in [-0.1, -0.05) is 11.6 Å². The Morgan fingerprint density at radius 3 is 2.65 bits per heavy atom. The minimum absolute atomic E-state index is 0.133. The van der Waals surface area contributed by atoms with E-state index in [2.05, 4.69) is 20.3 Å². The van der Waals surface area contributed by atoms with E-state index in [4.69, 9.17) is 20.8 Å². The van der Waals surface area contributed by atoms with E-state index in [9.17, 15) is 23.1 Å². The summed E-state index contributed by atoms with van der Waals surface area (Å²) in [5.41, 5.74) is -0.112. The van der Waals surface area contributed by atoms with Crippen LogP contribution in [-0.2, 0) is 14.9 Å². The van der Waals surface area contributed by atoms with E-state index in [1.54, 1.807) is 18.2 Å². The van der Waals surface area contributed by atoms with E-state index < -0.39 is 24.7 Å². The highest BCUT2D eigenvalue weighted by Crippen LogP contribution is 2.67. The fourth-order valence-electron chi connectivity index (χ4n) is 5.73. The summed E-state index contributed by atoms with van der Waals surface area (Å²) in [6, 6.07) is 4.92. The Morgan fingerprint density at radius 2 is 1.94 bits per heavy atom. The molecule has 4 saturated carbocycles. The van der Waals surface area contributed by atoms with Crippen molar-refractivity contribution in [3.8, 4) is 5.75 Å². The van der Waals surface area contributed by atoms with Gasteiger partial charge in [0.25, 0.3) is 5.91 Å². The van der Waals surface area contributed by atoms with Crippen molar-refractivity contribution in [2.24, 2.45) is 0 Å². The van der Waals surface area contributed by atoms with Crippen molar-refractivity contribution in [3.05, 3.63) is 40.6 Å². The summed E-state index contributed by atoms with van der Waals surface area (Å²) in [7, 11) is 0. The number of aliphatic hydroxyl groups excluding tert-OH is 1. The van der Waals surface area contributed by atoms with Crippen molar-refractivity contribution >= 4 is 17.5 Å². The molecule has 1 aromatic heterocycles. The number of halogens is 4. The number of carbonyl (C=O) groups is 1. The lowest BCUT2D eigenvalue weighted by atomic mass is 9.39. The van der Waals surface area contributed by atoms with Crippen molar-refractivity contribution in [2.45, 2.75) is 80.1 Å². The molecular formula is C22H21ClF3N3O5. The van der Waals surface area contributed by atoms with Gasteiger partial charge in [0.15, 0.2) is 6.10 Å². The molecule has 1 amide bonds. The Bertz CT molecular complexity index is 1130. The summed E-state index contributed by atoms with van der Waals surface area (Å²) < 4.78 is 52.5. The van der Waals surface area contributed by atoms with Crippen LogP contribution in [0.1, 0.15) is 67.9 Å². The average Bonchev–Trinajstić information content (AvgIpc) is 3.14. The van der Waals surface area contributed by atoms with Crippen molar-refractivity contribution in [1.29, 1.82) is 0 Å². The third-order valence-electron chi connectivity index (χ3n) is 7.39. The number of carbonyl (C=O) groups excluding carboxylic acids is 1. The molecule has 4 aliphatic carbocycles. The van der Waals surface area contributed by atoms with Gasteiger partial charge in [0.1, 0.15) is 5.75 Å². The predicted octanol–water partition coefficient (Wildman–Crippen LogP) is 3.68. The molecule has 2 atom stereocenters. The van der Waals surface area contributed by atoms with Crippen molar-refractivity contribution in [3.63, 3.8) is 0 Å². The summed E-state index contributed by atoms with van der Waals surface area (Å²) in [5.74, 6) is 0.721. The number of fused-ring (bicyclic) bond motifs is 1. The number of benzene rings is 1. The molecule has 0 radical (unpaired) electrons. The molecule has 12 heteroatoms. The average molecular weight is 500 g/mol. The monoisotopic (exact) mass is 499 g/mol.